The smallest absolute Gasteiger partial charge is 0.211 e. The van der Waals surface area contributed by atoms with Crippen LogP contribution < -0.4 is 10.2 Å². The van der Waals surface area contributed by atoms with Crippen LogP contribution in [0.2, 0.25) is 0 Å². The third kappa shape index (κ3) is 3.35. The second kappa shape index (κ2) is 6.32. The van der Waals surface area contributed by atoms with Gasteiger partial charge in [-0.05, 0) is 36.4 Å². The molecule has 1 aromatic heterocycles. The number of ether oxygens (including phenoxy) is 1. The third-order valence-electron chi connectivity index (χ3n) is 2.80. The van der Waals surface area contributed by atoms with Gasteiger partial charge in [0.15, 0.2) is 0 Å². The van der Waals surface area contributed by atoms with Crippen LogP contribution in [0.4, 0.5) is 0 Å². The molecule has 0 saturated heterocycles. The normalized spacial score (nSPS) is 14.5. The maximum absolute atomic E-state index is 5.18. The molecule has 0 saturated carbocycles. The Kier molecular flexibility index (Phi) is 4.07. The number of hydrazone groups is 1. The van der Waals surface area contributed by atoms with Crippen molar-refractivity contribution in [3.63, 3.8) is 0 Å². The lowest BCUT2D eigenvalue weighted by Crippen LogP contribution is -2.10. The van der Waals surface area contributed by atoms with Crippen LogP contribution in [0, 0.1) is 0 Å². The third-order valence-corrected chi connectivity index (χ3v) is 3.56. The summed E-state index contributed by atoms with van der Waals surface area (Å²) in [5.41, 5.74) is 4.97. The number of aliphatic imine (C=N–C) groups is 1. The van der Waals surface area contributed by atoms with Crippen molar-refractivity contribution in [2.24, 2.45) is 10.1 Å². The Morgan fingerprint density at radius 2 is 2.14 bits per heavy atom. The number of rotatable bonds is 3. The van der Waals surface area contributed by atoms with Crippen molar-refractivity contribution < 1.29 is 9.15 Å². The highest BCUT2D eigenvalue weighted by molar-refractivity contribution is 8.16. The molecule has 0 fully saturated rings. The molecule has 21 heavy (non-hydrogen) atoms. The molecule has 6 heteroatoms. The summed E-state index contributed by atoms with van der Waals surface area (Å²) in [7, 11) is 1.65. The molecule has 2 aromatic rings. The number of benzene rings is 1. The van der Waals surface area contributed by atoms with E-state index >= 15 is 0 Å². The first-order chi connectivity index (χ1) is 10.3. The first-order valence-electron chi connectivity index (χ1n) is 6.28. The van der Waals surface area contributed by atoms with Crippen LogP contribution in [0.3, 0.4) is 0 Å². The van der Waals surface area contributed by atoms with Crippen molar-refractivity contribution in [3.8, 4) is 5.75 Å². The fourth-order valence-corrected chi connectivity index (χ4v) is 2.34. The average molecular weight is 299 g/mol. The summed E-state index contributed by atoms with van der Waals surface area (Å²) in [4.78, 5) is 4.25. The van der Waals surface area contributed by atoms with E-state index in [1.165, 1.54) is 11.8 Å². The lowest BCUT2D eigenvalue weighted by Gasteiger charge is -2.12. The predicted octanol–water partition coefficient (Wildman–Crippen LogP) is 3.31. The van der Waals surface area contributed by atoms with E-state index in [4.69, 9.17) is 9.15 Å². The van der Waals surface area contributed by atoms with Crippen LogP contribution in [0.25, 0.3) is 5.70 Å². The molecule has 0 amide bonds. The molecule has 0 atom stereocenters. The summed E-state index contributed by atoms with van der Waals surface area (Å²) in [6.45, 7) is 0. The highest BCUT2D eigenvalue weighted by Gasteiger charge is 2.08. The van der Waals surface area contributed by atoms with Crippen molar-refractivity contribution in [3.05, 3.63) is 59.4 Å². The molecule has 0 radical (unpaired) electrons. The Labute approximate surface area is 126 Å². The predicted molar refractivity (Wildman–Crippen MR) is 85.4 cm³/mol. The first kappa shape index (κ1) is 13.5. The second-order valence-corrected chi connectivity index (χ2v) is 4.99. The molecule has 0 bridgehead atoms. The van der Waals surface area contributed by atoms with E-state index in [0.29, 0.717) is 10.9 Å². The van der Waals surface area contributed by atoms with E-state index in [2.05, 4.69) is 15.5 Å². The van der Waals surface area contributed by atoms with Crippen molar-refractivity contribution in [2.45, 2.75) is 0 Å². The number of nitrogens with one attached hydrogen (secondary N) is 1. The summed E-state index contributed by atoms with van der Waals surface area (Å²) in [6.07, 6.45) is 3.25. The van der Waals surface area contributed by atoms with E-state index < -0.39 is 0 Å². The van der Waals surface area contributed by atoms with Crippen LogP contribution in [-0.4, -0.2) is 18.5 Å². The lowest BCUT2D eigenvalue weighted by molar-refractivity contribution is 0.415. The van der Waals surface area contributed by atoms with E-state index in [-0.39, 0.29) is 0 Å². The molecule has 2 heterocycles. The van der Waals surface area contributed by atoms with Gasteiger partial charge in [0.05, 0.1) is 25.3 Å². The van der Waals surface area contributed by atoms with Gasteiger partial charge < -0.3 is 9.15 Å². The SMILES string of the molecule is COc1ccc(C2=CSC(/N=C/c3ccco3)=NN2)cc1. The Bertz CT molecular complexity index is 688. The van der Waals surface area contributed by atoms with Gasteiger partial charge in [-0.2, -0.15) is 0 Å². The fourth-order valence-electron chi connectivity index (χ4n) is 1.72. The number of thioether (sulfide) groups is 1. The molecule has 1 aliphatic rings. The van der Waals surface area contributed by atoms with Gasteiger partial charge in [-0.3, -0.25) is 5.43 Å². The fraction of sp³-hybridized carbons (Fsp3) is 0.0667. The summed E-state index contributed by atoms with van der Waals surface area (Å²) >= 11 is 1.45. The maximum atomic E-state index is 5.18. The summed E-state index contributed by atoms with van der Waals surface area (Å²) in [5, 5.41) is 6.82. The highest BCUT2D eigenvalue weighted by atomic mass is 32.2. The Morgan fingerprint density at radius 1 is 1.29 bits per heavy atom. The lowest BCUT2D eigenvalue weighted by atomic mass is 10.2. The molecule has 106 valence electrons. The molecular formula is C15H13N3O2S. The van der Waals surface area contributed by atoms with Gasteiger partial charge in [-0.1, -0.05) is 11.8 Å². The van der Waals surface area contributed by atoms with Gasteiger partial charge in [-0.15, -0.1) is 5.10 Å². The first-order valence-corrected chi connectivity index (χ1v) is 7.15. The molecule has 0 spiro atoms. The van der Waals surface area contributed by atoms with Crippen molar-refractivity contribution in [1.29, 1.82) is 0 Å². The zero-order chi connectivity index (χ0) is 14.5. The van der Waals surface area contributed by atoms with Gasteiger partial charge in [0.25, 0.3) is 0 Å². The number of methoxy groups -OCH3 is 1. The van der Waals surface area contributed by atoms with Gasteiger partial charge in [0.1, 0.15) is 11.5 Å². The van der Waals surface area contributed by atoms with Crippen molar-refractivity contribution >= 4 is 28.8 Å². The molecule has 3 rings (SSSR count). The van der Waals surface area contributed by atoms with E-state index in [1.54, 1.807) is 19.6 Å². The minimum absolute atomic E-state index is 0.628. The summed E-state index contributed by atoms with van der Waals surface area (Å²) < 4.78 is 10.3. The van der Waals surface area contributed by atoms with E-state index in [1.807, 2.05) is 41.8 Å². The number of hydrogen-bond donors (Lipinski definition) is 1. The number of hydrogen-bond acceptors (Lipinski definition) is 6. The average Bonchev–Trinajstić information content (AvgIpc) is 3.07. The van der Waals surface area contributed by atoms with Crippen molar-refractivity contribution in [2.75, 3.05) is 7.11 Å². The Hall–Kier alpha value is -2.47. The van der Waals surface area contributed by atoms with Crippen LogP contribution in [0.15, 0.2) is 62.6 Å². The zero-order valence-corrected chi connectivity index (χ0v) is 12.1. The largest absolute Gasteiger partial charge is 0.497 e. The summed E-state index contributed by atoms with van der Waals surface area (Å²) in [5.74, 6) is 1.53. The second-order valence-electron chi connectivity index (χ2n) is 4.16. The number of amidine groups is 1. The number of nitrogens with zero attached hydrogens (tertiary/aromatic N) is 2. The number of furan rings is 1. The molecule has 5 nitrogen and oxygen atoms in total. The van der Waals surface area contributed by atoms with Crippen LogP contribution in [0.1, 0.15) is 11.3 Å². The summed E-state index contributed by atoms with van der Waals surface area (Å²) in [6, 6.07) is 11.4. The highest BCUT2D eigenvalue weighted by Crippen LogP contribution is 2.23. The Morgan fingerprint density at radius 3 is 2.76 bits per heavy atom. The maximum Gasteiger partial charge on any atom is 0.211 e. The Balaban J connectivity index is 1.65. The van der Waals surface area contributed by atoms with Crippen molar-refractivity contribution in [1.82, 2.24) is 5.43 Å². The van der Waals surface area contributed by atoms with Gasteiger partial charge >= 0.3 is 0 Å². The van der Waals surface area contributed by atoms with E-state index in [9.17, 15) is 0 Å². The molecule has 1 aliphatic heterocycles. The zero-order valence-electron chi connectivity index (χ0n) is 11.3. The quantitative estimate of drug-likeness (QED) is 0.883. The topological polar surface area (TPSA) is 59.1 Å². The van der Waals surface area contributed by atoms with Crippen LogP contribution >= 0.6 is 11.8 Å². The minimum Gasteiger partial charge on any atom is -0.497 e. The molecule has 1 N–H and O–H groups in total. The molecule has 1 aromatic carbocycles. The van der Waals surface area contributed by atoms with E-state index in [0.717, 1.165) is 17.0 Å². The van der Waals surface area contributed by atoms with Crippen LogP contribution in [-0.2, 0) is 0 Å². The molecular weight excluding hydrogens is 286 g/mol. The molecule has 0 aliphatic carbocycles. The van der Waals surface area contributed by atoms with Gasteiger partial charge in [-0.25, -0.2) is 4.99 Å². The standard InChI is InChI=1S/C15H13N3O2S/c1-19-12-6-4-11(5-7-12)14-10-21-15(18-17-14)16-9-13-3-2-8-20-13/h2-10,17H,1H3/b16-9+. The minimum atomic E-state index is 0.628. The van der Waals surface area contributed by atoms with Gasteiger partial charge in [0.2, 0.25) is 5.17 Å². The molecule has 0 unspecified atom stereocenters. The monoisotopic (exact) mass is 299 g/mol. The van der Waals surface area contributed by atoms with Gasteiger partial charge in [0, 0.05) is 11.0 Å². The van der Waals surface area contributed by atoms with Crippen LogP contribution in [0.5, 0.6) is 5.75 Å².